The molecule has 0 unspecified atom stereocenters. The molecular formula is C15H12FNO2. The second-order valence-corrected chi connectivity index (χ2v) is 3.89. The summed E-state index contributed by atoms with van der Waals surface area (Å²) >= 11 is 0. The molecule has 0 aliphatic rings. The van der Waals surface area contributed by atoms with Gasteiger partial charge in [-0.05, 0) is 29.8 Å². The van der Waals surface area contributed by atoms with E-state index in [2.05, 4.69) is 0 Å². The van der Waals surface area contributed by atoms with Crippen LogP contribution in [-0.4, -0.2) is 7.11 Å². The molecule has 0 aliphatic heterocycles. The standard InChI is InChI=1S/C15H12FNO2/c1-18-13-4-2-3-11(7-13)10-19-14-5-6-15(16)12(8-14)9-17/h2-8H,10H2,1H3. The van der Waals surface area contributed by atoms with E-state index in [9.17, 15) is 4.39 Å². The van der Waals surface area contributed by atoms with Gasteiger partial charge in [-0.25, -0.2) is 4.39 Å². The summed E-state index contributed by atoms with van der Waals surface area (Å²) in [5, 5.41) is 8.73. The molecule has 96 valence electrons. The summed E-state index contributed by atoms with van der Waals surface area (Å²) in [6.07, 6.45) is 0. The van der Waals surface area contributed by atoms with Crippen molar-refractivity contribution in [2.24, 2.45) is 0 Å². The van der Waals surface area contributed by atoms with Gasteiger partial charge < -0.3 is 9.47 Å². The number of ether oxygens (including phenoxy) is 2. The zero-order chi connectivity index (χ0) is 13.7. The van der Waals surface area contributed by atoms with Crippen molar-refractivity contribution in [2.75, 3.05) is 7.11 Å². The van der Waals surface area contributed by atoms with E-state index in [4.69, 9.17) is 14.7 Å². The maximum atomic E-state index is 13.1. The molecule has 0 aliphatic carbocycles. The van der Waals surface area contributed by atoms with Crippen LogP contribution in [0.3, 0.4) is 0 Å². The van der Waals surface area contributed by atoms with Gasteiger partial charge in [0.1, 0.15) is 30.0 Å². The zero-order valence-corrected chi connectivity index (χ0v) is 10.4. The predicted molar refractivity (Wildman–Crippen MR) is 68.4 cm³/mol. The summed E-state index contributed by atoms with van der Waals surface area (Å²) in [6.45, 7) is 0.327. The maximum absolute atomic E-state index is 13.1. The lowest BCUT2D eigenvalue weighted by Gasteiger charge is -2.08. The molecule has 0 saturated carbocycles. The average molecular weight is 257 g/mol. The quantitative estimate of drug-likeness (QED) is 0.844. The highest BCUT2D eigenvalue weighted by molar-refractivity contribution is 5.38. The fourth-order valence-corrected chi connectivity index (χ4v) is 1.61. The van der Waals surface area contributed by atoms with Crippen LogP contribution in [-0.2, 0) is 6.61 Å². The van der Waals surface area contributed by atoms with Crippen LogP contribution in [0.15, 0.2) is 42.5 Å². The van der Waals surface area contributed by atoms with Gasteiger partial charge in [0.2, 0.25) is 0 Å². The summed E-state index contributed by atoms with van der Waals surface area (Å²) in [4.78, 5) is 0. The topological polar surface area (TPSA) is 42.2 Å². The number of benzene rings is 2. The van der Waals surface area contributed by atoms with Crippen molar-refractivity contribution in [1.29, 1.82) is 5.26 Å². The molecule has 0 amide bonds. The first-order valence-electron chi connectivity index (χ1n) is 5.68. The zero-order valence-electron chi connectivity index (χ0n) is 10.4. The smallest absolute Gasteiger partial charge is 0.141 e. The second-order valence-electron chi connectivity index (χ2n) is 3.89. The summed E-state index contributed by atoms with van der Waals surface area (Å²) in [6, 6.07) is 13.3. The first-order valence-corrected chi connectivity index (χ1v) is 5.68. The Morgan fingerprint density at radius 2 is 2.00 bits per heavy atom. The summed E-state index contributed by atoms with van der Waals surface area (Å²) < 4.78 is 23.8. The normalized spacial score (nSPS) is 9.74. The van der Waals surface area contributed by atoms with Gasteiger partial charge in [-0.15, -0.1) is 0 Å². The minimum absolute atomic E-state index is 0.0249. The van der Waals surface area contributed by atoms with Gasteiger partial charge in [0.15, 0.2) is 0 Å². The van der Waals surface area contributed by atoms with E-state index < -0.39 is 5.82 Å². The number of nitrogens with zero attached hydrogens (tertiary/aromatic N) is 1. The van der Waals surface area contributed by atoms with Gasteiger partial charge in [0, 0.05) is 6.07 Å². The SMILES string of the molecule is COc1cccc(COc2ccc(F)c(C#N)c2)c1. The van der Waals surface area contributed by atoms with Crippen LogP contribution < -0.4 is 9.47 Å². The Morgan fingerprint density at radius 3 is 2.74 bits per heavy atom. The van der Waals surface area contributed by atoms with Crippen LogP contribution in [0.4, 0.5) is 4.39 Å². The largest absolute Gasteiger partial charge is 0.497 e. The molecule has 2 aromatic rings. The third kappa shape index (κ3) is 3.23. The second kappa shape index (κ2) is 5.87. The molecule has 0 saturated heterocycles. The Labute approximate surface area is 110 Å². The first kappa shape index (κ1) is 12.9. The molecule has 0 aromatic heterocycles. The van der Waals surface area contributed by atoms with E-state index in [0.29, 0.717) is 12.4 Å². The van der Waals surface area contributed by atoms with E-state index in [0.717, 1.165) is 11.3 Å². The van der Waals surface area contributed by atoms with E-state index in [1.54, 1.807) is 13.2 Å². The van der Waals surface area contributed by atoms with Crippen LogP contribution in [0.25, 0.3) is 0 Å². The van der Waals surface area contributed by atoms with E-state index >= 15 is 0 Å². The molecular weight excluding hydrogens is 245 g/mol. The summed E-state index contributed by atoms with van der Waals surface area (Å²) in [5.74, 6) is 0.662. The van der Waals surface area contributed by atoms with Crippen molar-refractivity contribution in [3.63, 3.8) is 0 Å². The molecule has 0 spiro atoms. The highest BCUT2D eigenvalue weighted by atomic mass is 19.1. The molecule has 3 nitrogen and oxygen atoms in total. The number of hydrogen-bond donors (Lipinski definition) is 0. The maximum Gasteiger partial charge on any atom is 0.141 e. The fraction of sp³-hybridized carbons (Fsp3) is 0.133. The summed E-state index contributed by atoms with van der Waals surface area (Å²) in [7, 11) is 1.60. The van der Waals surface area contributed by atoms with Crippen LogP contribution in [0, 0.1) is 17.1 Å². The number of nitriles is 1. The molecule has 2 rings (SSSR count). The summed E-state index contributed by atoms with van der Waals surface area (Å²) in [5.41, 5.74) is 0.908. The van der Waals surface area contributed by atoms with Crippen LogP contribution in [0.1, 0.15) is 11.1 Å². The van der Waals surface area contributed by atoms with Crippen molar-refractivity contribution >= 4 is 0 Å². The van der Waals surface area contributed by atoms with Crippen molar-refractivity contribution in [3.8, 4) is 17.6 Å². The van der Waals surface area contributed by atoms with Crippen molar-refractivity contribution < 1.29 is 13.9 Å². The van der Waals surface area contributed by atoms with E-state index in [1.807, 2.05) is 24.3 Å². The molecule has 2 aromatic carbocycles. The molecule has 0 fully saturated rings. The molecule has 0 atom stereocenters. The van der Waals surface area contributed by atoms with Gasteiger partial charge in [0.05, 0.1) is 12.7 Å². The Bertz CT molecular complexity index is 620. The van der Waals surface area contributed by atoms with E-state index in [1.165, 1.54) is 18.2 Å². The van der Waals surface area contributed by atoms with Gasteiger partial charge in [0.25, 0.3) is 0 Å². The van der Waals surface area contributed by atoms with Crippen LogP contribution in [0.5, 0.6) is 11.5 Å². The average Bonchev–Trinajstić information content (AvgIpc) is 2.46. The minimum Gasteiger partial charge on any atom is -0.497 e. The molecule has 4 heteroatoms. The molecule has 0 bridgehead atoms. The molecule has 0 heterocycles. The fourth-order valence-electron chi connectivity index (χ4n) is 1.61. The van der Waals surface area contributed by atoms with Crippen molar-refractivity contribution in [1.82, 2.24) is 0 Å². The lowest BCUT2D eigenvalue weighted by Crippen LogP contribution is -1.97. The lowest BCUT2D eigenvalue weighted by atomic mass is 10.2. The van der Waals surface area contributed by atoms with Crippen molar-refractivity contribution in [3.05, 3.63) is 59.4 Å². The highest BCUT2D eigenvalue weighted by Gasteiger charge is 2.04. The predicted octanol–water partition coefficient (Wildman–Crippen LogP) is 3.28. The monoisotopic (exact) mass is 257 g/mol. The Kier molecular flexibility index (Phi) is 3.99. The number of halogens is 1. The Hall–Kier alpha value is -2.54. The molecule has 19 heavy (non-hydrogen) atoms. The number of methoxy groups -OCH3 is 1. The van der Waals surface area contributed by atoms with E-state index in [-0.39, 0.29) is 5.56 Å². The Balaban J connectivity index is 2.08. The van der Waals surface area contributed by atoms with Crippen LogP contribution >= 0.6 is 0 Å². The number of rotatable bonds is 4. The third-order valence-electron chi connectivity index (χ3n) is 2.60. The van der Waals surface area contributed by atoms with Gasteiger partial charge in [-0.3, -0.25) is 0 Å². The van der Waals surface area contributed by atoms with Crippen molar-refractivity contribution in [2.45, 2.75) is 6.61 Å². The van der Waals surface area contributed by atoms with Gasteiger partial charge in [-0.2, -0.15) is 5.26 Å². The van der Waals surface area contributed by atoms with Gasteiger partial charge in [-0.1, -0.05) is 12.1 Å². The molecule has 0 N–H and O–H groups in total. The molecule has 0 radical (unpaired) electrons. The Morgan fingerprint density at radius 1 is 1.16 bits per heavy atom. The minimum atomic E-state index is -0.545. The third-order valence-corrected chi connectivity index (χ3v) is 2.60. The number of hydrogen-bond acceptors (Lipinski definition) is 3. The highest BCUT2D eigenvalue weighted by Crippen LogP contribution is 2.19. The van der Waals surface area contributed by atoms with Gasteiger partial charge >= 0.3 is 0 Å². The van der Waals surface area contributed by atoms with Crippen LogP contribution in [0.2, 0.25) is 0 Å². The lowest BCUT2D eigenvalue weighted by molar-refractivity contribution is 0.304. The first-order chi connectivity index (χ1) is 9.22.